The average Bonchev–Trinajstić information content (AvgIpc) is 2.55. The maximum absolute atomic E-state index is 12.5. The second kappa shape index (κ2) is 5.89. The van der Waals surface area contributed by atoms with Gasteiger partial charge in [0.05, 0.1) is 4.92 Å². The summed E-state index contributed by atoms with van der Waals surface area (Å²) in [5.41, 5.74) is 0.531. The van der Waals surface area contributed by atoms with E-state index < -0.39 is 25.6 Å². The van der Waals surface area contributed by atoms with Crippen LogP contribution in [0.4, 0.5) is 5.69 Å². The standard InChI is InChI=1S/C16H12N2O5S/c1-11-9-10-12-5-4-7-14(16(12)17-11)23-24(21,22)15-8-3-2-6-13(15)18(19)20/h2-10H,1H3. The van der Waals surface area contributed by atoms with Crippen molar-refractivity contribution >= 4 is 26.7 Å². The molecule has 0 aliphatic carbocycles. The zero-order valence-corrected chi connectivity index (χ0v) is 13.4. The minimum atomic E-state index is -4.37. The minimum Gasteiger partial charge on any atom is -0.376 e. The molecular formula is C16H12N2O5S. The smallest absolute Gasteiger partial charge is 0.346 e. The highest BCUT2D eigenvalue weighted by Gasteiger charge is 2.27. The Hall–Kier alpha value is -3.00. The Morgan fingerprint density at radius 3 is 2.54 bits per heavy atom. The van der Waals surface area contributed by atoms with Gasteiger partial charge in [-0.25, -0.2) is 4.98 Å². The van der Waals surface area contributed by atoms with E-state index >= 15 is 0 Å². The molecule has 1 heterocycles. The van der Waals surface area contributed by atoms with Gasteiger partial charge in [-0.3, -0.25) is 10.1 Å². The van der Waals surface area contributed by atoms with Gasteiger partial charge in [0.2, 0.25) is 0 Å². The molecule has 0 fully saturated rings. The second-order valence-corrected chi connectivity index (χ2v) is 6.56. The van der Waals surface area contributed by atoms with Gasteiger partial charge in [-0.15, -0.1) is 0 Å². The molecule has 0 N–H and O–H groups in total. The molecule has 1 aromatic heterocycles. The molecule has 0 unspecified atom stereocenters. The number of hydrogen-bond donors (Lipinski definition) is 0. The number of hydrogen-bond acceptors (Lipinski definition) is 6. The van der Waals surface area contributed by atoms with Crippen molar-refractivity contribution in [1.82, 2.24) is 4.98 Å². The first-order valence-electron chi connectivity index (χ1n) is 6.93. The van der Waals surface area contributed by atoms with Crippen molar-refractivity contribution in [3.8, 4) is 5.75 Å². The first-order chi connectivity index (χ1) is 11.4. The molecule has 0 spiro atoms. The number of rotatable bonds is 4. The molecule has 0 saturated carbocycles. The summed E-state index contributed by atoms with van der Waals surface area (Å²) in [6.07, 6.45) is 0. The lowest BCUT2D eigenvalue weighted by Crippen LogP contribution is -2.12. The molecule has 2 aromatic carbocycles. The molecule has 3 rings (SSSR count). The van der Waals surface area contributed by atoms with E-state index in [4.69, 9.17) is 4.18 Å². The average molecular weight is 344 g/mol. The van der Waals surface area contributed by atoms with E-state index in [1.807, 2.05) is 0 Å². The highest BCUT2D eigenvalue weighted by molar-refractivity contribution is 7.87. The molecule has 0 amide bonds. The number of aryl methyl sites for hydroxylation is 1. The third-order valence-electron chi connectivity index (χ3n) is 3.35. The van der Waals surface area contributed by atoms with Gasteiger partial charge in [-0.2, -0.15) is 8.42 Å². The summed E-state index contributed by atoms with van der Waals surface area (Å²) in [7, 11) is -4.37. The number of nitro groups is 1. The van der Waals surface area contributed by atoms with Crippen molar-refractivity contribution in [3.05, 3.63) is 70.4 Å². The van der Waals surface area contributed by atoms with E-state index in [0.29, 0.717) is 16.6 Å². The van der Waals surface area contributed by atoms with Gasteiger partial charge in [0.1, 0.15) is 5.52 Å². The summed E-state index contributed by atoms with van der Waals surface area (Å²) >= 11 is 0. The van der Waals surface area contributed by atoms with E-state index in [2.05, 4.69) is 4.98 Å². The normalized spacial score (nSPS) is 11.4. The predicted octanol–water partition coefficient (Wildman–Crippen LogP) is 3.22. The first-order valence-corrected chi connectivity index (χ1v) is 8.33. The van der Waals surface area contributed by atoms with Crippen LogP contribution >= 0.6 is 0 Å². The number of nitro benzene ring substituents is 1. The maximum Gasteiger partial charge on any atom is 0.346 e. The molecule has 24 heavy (non-hydrogen) atoms. The van der Waals surface area contributed by atoms with Crippen molar-refractivity contribution in [2.45, 2.75) is 11.8 Å². The third-order valence-corrected chi connectivity index (χ3v) is 4.64. The van der Waals surface area contributed by atoms with Crippen LogP contribution in [0.25, 0.3) is 10.9 Å². The van der Waals surface area contributed by atoms with Gasteiger partial charge >= 0.3 is 10.1 Å². The van der Waals surface area contributed by atoms with Gasteiger partial charge < -0.3 is 4.18 Å². The molecule has 3 aromatic rings. The Morgan fingerprint density at radius 2 is 1.79 bits per heavy atom. The first kappa shape index (κ1) is 15.9. The molecule has 7 nitrogen and oxygen atoms in total. The topological polar surface area (TPSA) is 99.4 Å². The van der Waals surface area contributed by atoms with Crippen molar-refractivity contribution in [2.24, 2.45) is 0 Å². The molecule has 0 aliphatic rings. The van der Waals surface area contributed by atoms with Crippen LogP contribution in [0.15, 0.2) is 59.5 Å². The lowest BCUT2D eigenvalue weighted by molar-refractivity contribution is -0.387. The Morgan fingerprint density at radius 1 is 1.04 bits per heavy atom. The van der Waals surface area contributed by atoms with Crippen LogP contribution < -0.4 is 4.18 Å². The fourth-order valence-corrected chi connectivity index (χ4v) is 3.37. The molecule has 0 bridgehead atoms. The lowest BCUT2D eigenvalue weighted by Gasteiger charge is -2.09. The van der Waals surface area contributed by atoms with Gasteiger partial charge in [0.25, 0.3) is 5.69 Å². The predicted molar refractivity (Wildman–Crippen MR) is 87.4 cm³/mol. The van der Waals surface area contributed by atoms with Crippen LogP contribution in [0.3, 0.4) is 0 Å². The summed E-state index contributed by atoms with van der Waals surface area (Å²) in [4.78, 5) is 14.1. The van der Waals surface area contributed by atoms with Crippen LogP contribution in [0.5, 0.6) is 5.75 Å². The fraction of sp³-hybridized carbons (Fsp3) is 0.0625. The summed E-state index contributed by atoms with van der Waals surface area (Å²) in [6.45, 7) is 1.77. The summed E-state index contributed by atoms with van der Waals surface area (Å²) in [5, 5.41) is 11.8. The minimum absolute atomic E-state index is 0.0225. The quantitative estimate of drug-likeness (QED) is 0.409. The lowest BCUT2D eigenvalue weighted by atomic mass is 10.2. The highest BCUT2D eigenvalue weighted by atomic mass is 32.2. The number of nitrogens with zero attached hydrogens (tertiary/aromatic N) is 2. The molecule has 0 saturated heterocycles. The molecule has 0 aliphatic heterocycles. The zero-order valence-electron chi connectivity index (χ0n) is 12.5. The second-order valence-electron chi connectivity index (χ2n) is 5.04. The van der Waals surface area contributed by atoms with Crippen LogP contribution in [-0.2, 0) is 10.1 Å². The number of aromatic nitrogens is 1. The van der Waals surface area contributed by atoms with Gasteiger partial charge in [0.15, 0.2) is 10.6 Å². The van der Waals surface area contributed by atoms with Crippen LogP contribution in [0, 0.1) is 17.0 Å². The van der Waals surface area contributed by atoms with Crippen molar-refractivity contribution in [1.29, 1.82) is 0 Å². The van der Waals surface area contributed by atoms with Crippen molar-refractivity contribution in [2.75, 3.05) is 0 Å². The Labute approximate surface area is 137 Å². The van der Waals surface area contributed by atoms with E-state index in [1.165, 1.54) is 18.2 Å². The van der Waals surface area contributed by atoms with Crippen molar-refractivity contribution < 1.29 is 17.5 Å². The maximum atomic E-state index is 12.5. The molecule has 8 heteroatoms. The summed E-state index contributed by atoms with van der Waals surface area (Å²) in [6, 6.07) is 13.5. The Kier molecular flexibility index (Phi) is 3.90. The molecular weight excluding hydrogens is 332 g/mol. The Bertz CT molecular complexity index is 1050. The van der Waals surface area contributed by atoms with Crippen LogP contribution in [0.2, 0.25) is 0 Å². The van der Waals surface area contributed by atoms with E-state index in [0.717, 1.165) is 12.1 Å². The molecule has 0 atom stereocenters. The third kappa shape index (κ3) is 2.91. The van der Waals surface area contributed by atoms with Gasteiger partial charge in [0, 0.05) is 17.1 Å². The van der Waals surface area contributed by atoms with E-state index in [-0.39, 0.29) is 5.75 Å². The fourth-order valence-electron chi connectivity index (χ4n) is 2.27. The SMILES string of the molecule is Cc1ccc2cccc(OS(=O)(=O)c3ccccc3[N+](=O)[O-])c2n1. The zero-order chi connectivity index (χ0) is 17.3. The van der Waals surface area contributed by atoms with Crippen molar-refractivity contribution in [3.63, 3.8) is 0 Å². The van der Waals surface area contributed by atoms with Gasteiger partial charge in [-0.05, 0) is 25.1 Å². The highest BCUT2D eigenvalue weighted by Crippen LogP contribution is 2.30. The largest absolute Gasteiger partial charge is 0.376 e. The van der Waals surface area contributed by atoms with E-state index in [9.17, 15) is 18.5 Å². The monoisotopic (exact) mass is 344 g/mol. The summed E-state index contributed by atoms with van der Waals surface area (Å²) < 4.78 is 30.2. The molecule has 0 radical (unpaired) electrons. The number of benzene rings is 2. The van der Waals surface area contributed by atoms with Crippen LogP contribution in [-0.4, -0.2) is 18.3 Å². The number of fused-ring (bicyclic) bond motifs is 1. The molecule has 122 valence electrons. The van der Waals surface area contributed by atoms with E-state index in [1.54, 1.807) is 31.2 Å². The number of pyridine rings is 1. The number of para-hydroxylation sites is 2. The Balaban J connectivity index is 2.12. The summed E-state index contributed by atoms with van der Waals surface area (Å²) in [5.74, 6) is 0.0225. The van der Waals surface area contributed by atoms with Gasteiger partial charge in [-0.1, -0.05) is 30.3 Å². The van der Waals surface area contributed by atoms with Crippen LogP contribution in [0.1, 0.15) is 5.69 Å².